The normalized spacial score (nSPS) is 19.6. The maximum atomic E-state index is 11.8. The van der Waals surface area contributed by atoms with Crippen molar-refractivity contribution in [2.45, 2.75) is 45.3 Å². The molecule has 0 heterocycles. The Balaban J connectivity index is 1.44. The molecular formula is C22H26O4. The van der Waals surface area contributed by atoms with Crippen LogP contribution in [0.1, 0.15) is 38.2 Å². The zero-order valence-electron chi connectivity index (χ0n) is 15.2. The van der Waals surface area contributed by atoms with Gasteiger partial charge in [-0.15, -0.1) is 0 Å². The smallest absolute Gasteiger partial charge is 0.308 e. The van der Waals surface area contributed by atoms with Gasteiger partial charge in [0.1, 0.15) is 18.1 Å². The van der Waals surface area contributed by atoms with Gasteiger partial charge in [-0.2, -0.15) is 0 Å². The Kier molecular flexibility index (Phi) is 6.53. The molecule has 0 atom stereocenters. The topological polar surface area (TPSA) is 44.8 Å². The largest absolute Gasteiger partial charge is 0.490 e. The van der Waals surface area contributed by atoms with Gasteiger partial charge in [-0.25, -0.2) is 0 Å². The SMILES string of the molecule is CCOC(=O)C1CCC(Oc2ccc(OCc3ccccc3)cc2)CC1. The molecule has 0 unspecified atom stereocenters. The van der Waals surface area contributed by atoms with E-state index in [0.29, 0.717) is 13.2 Å². The molecule has 1 aliphatic rings. The van der Waals surface area contributed by atoms with E-state index in [1.54, 1.807) is 0 Å². The maximum absolute atomic E-state index is 11.8. The predicted molar refractivity (Wildman–Crippen MR) is 100 cm³/mol. The molecule has 1 aliphatic carbocycles. The minimum Gasteiger partial charge on any atom is -0.490 e. The van der Waals surface area contributed by atoms with Crippen LogP contribution in [0.25, 0.3) is 0 Å². The molecule has 1 saturated carbocycles. The standard InChI is InChI=1S/C22H26O4/c1-2-24-22(23)18-8-10-20(11-9-18)26-21-14-12-19(13-15-21)25-16-17-6-4-3-5-7-17/h3-7,12-15,18,20H,2,8-11,16H2,1H3. The molecule has 26 heavy (non-hydrogen) atoms. The van der Waals surface area contributed by atoms with Gasteiger partial charge in [0.05, 0.1) is 18.6 Å². The highest BCUT2D eigenvalue weighted by Gasteiger charge is 2.28. The van der Waals surface area contributed by atoms with E-state index in [9.17, 15) is 4.79 Å². The van der Waals surface area contributed by atoms with Crippen LogP contribution in [0.5, 0.6) is 11.5 Å². The van der Waals surface area contributed by atoms with E-state index in [1.165, 1.54) is 0 Å². The molecule has 0 radical (unpaired) electrons. The fourth-order valence-corrected chi connectivity index (χ4v) is 3.22. The van der Waals surface area contributed by atoms with E-state index in [-0.39, 0.29) is 18.0 Å². The molecule has 0 spiro atoms. The van der Waals surface area contributed by atoms with Crippen molar-refractivity contribution in [1.82, 2.24) is 0 Å². The van der Waals surface area contributed by atoms with E-state index in [2.05, 4.69) is 0 Å². The molecule has 0 amide bonds. The van der Waals surface area contributed by atoms with E-state index < -0.39 is 0 Å². The summed E-state index contributed by atoms with van der Waals surface area (Å²) in [5.41, 5.74) is 1.14. The van der Waals surface area contributed by atoms with Crippen LogP contribution in [-0.4, -0.2) is 18.7 Å². The second-order valence-corrected chi connectivity index (χ2v) is 6.59. The van der Waals surface area contributed by atoms with Crippen molar-refractivity contribution < 1.29 is 19.0 Å². The Labute approximate surface area is 155 Å². The van der Waals surface area contributed by atoms with E-state index in [0.717, 1.165) is 42.7 Å². The summed E-state index contributed by atoms with van der Waals surface area (Å²) >= 11 is 0. The Hall–Kier alpha value is -2.49. The number of ether oxygens (including phenoxy) is 3. The van der Waals surface area contributed by atoms with Gasteiger partial charge in [-0.05, 0) is 62.4 Å². The van der Waals surface area contributed by atoms with E-state index in [1.807, 2.05) is 61.5 Å². The van der Waals surface area contributed by atoms with Crippen molar-refractivity contribution in [1.29, 1.82) is 0 Å². The highest BCUT2D eigenvalue weighted by atomic mass is 16.5. The summed E-state index contributed by atoms with van der Waals surface area (Å²) in [5.74, 6) is 1.64. The van der Waals surface area contributed by atoms with Gasteiger partial charge in [-0.1, -0.05) is 30.3 Å². The third kappa shape index (κ3) is 5.25. The van der Waals surface area contributed by atoms with Crippen LogP contribution in [0, 0.1) is 5.92 Å². The Morgan fingerprint density at radius 1 is 0.923 bits per heavy atom. The average molecular weight is 354 g/mol. The molecule has 2 aromatic rings. The average Bonchev–Trinajstić information content (AvgIpc) is 2.69. The van der Waals surface area contributed by atoms with Gasteiger partial charge in [0.25, 0.3) is 0 Å². The van der Waals surface area contributed by atoms with Crippen molar-refractivity contribution in [3.05, 3.63) is 60.2 Å². The van der Waals surface area contributed by atoms with Crippen molar-refractivity contribution >= 4 is 5.97 Å². The minimum absolute atomic E-state index is 0.0311. The molecule has 138 valence electrons. The van der Waals surface area contributed by atoms with E-state index in [4.69, 9.17) is 14.2 Å². The molecule has 0 aromatic heterocycles. The van der Waals surface area contributed by atoms with Crippen LogP contribution in [0.4, 0.5) is 0 Å². The molecule has 0 saturated heterocycles. The lowest BCUT2D eigenvalue weighted by molar-refractivity contribution is -0.149. The highest BCUT2D eigenvalue weighted by Crippen LogP contribution is 2.29. The number of benzene rings is 2. The number of hydrogen-bond acceptors (Lipinski definition) is 4. The molecule has 1 fully saturated rings. The highest BCUT2D eigenvalue weighted by molar-refractivity contribution is 5.72. The summed E-state index contributed by atoms with van der Waals surface area (Å²) in [4.78, 5) is 11.8. The number of esters is 1. The zero-order valence-corrected chi connectivity index (χ0v) is 15.2. The summed E-state index contributed by atoms with van der Waals surface area (Å²) in [6.45, 7) is 2.85. The molecule has 3 rings (SSSR count). The first-order chi connectivity index (χ1) is 12.7. The van der Waals surface area contributed by atoms with Gasteiger partial charge >= 0.3 is 5.97 Å². The second kappa shape index (κ2) is 9.27. The first-order valence-corrected chi connectivity index (χ1v) is 9.34. The van der Waals surface area contributed by atoms with Crippen molar-refractivity contribution in [3.63, 3.8) is 0 Å². The Morgan fingerprint density at radius 3 is 2.23 bits per heavy atom. The molecule has 4 heteroatoms. The predicted octanol–water partition coefficient (Wildman–Crippen LogP) is 4.77. The first kappa shape index (κ1) is 18.3. The van der Waals surface area contributed by atoms with Gasteiger partial charge in [0.2, 0.25) is 0 Å². The summed E-state index contributed by atoms with van der Waals surface area (Å²) < 4.78 is 17.0. The van der Waals surface area contributed by atoms with Gasteiger partial charge in [0, 0.05) is 0 Å². The maximum Gasteiger partial charge on any atom is 0.308 e. The van der Waals surface area contributed by atoms with E-state index >= 15 is 0 Å². The van der Waals surface area contributed by atoms with Crippen molar-refractivity contribution in [3.8, 4) is 11.5 Å². The van der Waals surface area contributed by atoms with Gasteiger partial charge < -0.3 is 14.2 Å². The van der Waals surface area contributed by atoms with Gasteiger partial charge in [-0.3, -0.25) is 4.79 Å². The summed E-state index contributed by atoms with van der Waals surface area (Å²) in [7, 11) is 0. The molecule has 0 N–H and O–H groups in total. The third-order valence-corrected chi connectivity index (χ3v) is 4.67. The number of hydrogen-bond donors (Lipinski definition) is 0. The zero-order chi connectivity index (χ0) is 18.2. The third-order valence-electron chi connectivity index (χ3n) is 4.67. The lowest BCUT2D eigenvalue weighted by Gasteiger charge is -2.27. The minimum atomic E-state index is -0.0640. The first-order valence-electron chi connectivity index (χ1n) is 9.34. The van der Waals surface area contributed by atoms with Crippen LogP contribution in [-0.2, 0) is 16.1 Å². The monoisotopic (exact) mass is 354 g/mol. The lowest BCUT2D eigenvalue weighted by Crippen LogP contribution is -2.29. The van der Waals surface area contributed by atoms with Gasteiger partial charge in [0.15, 0.2) is 0 Å². The summed E-state index contributed by atoms with van der Waals surface area (Å²) in [6, 6.07) is 17.9. The van der Waals surface area contributed by atoms with Crippen LogP contribution >= 0.6 is 0 Å². The molecular weight excluding hydrogens is 328 g/mol. The Bertz CT molecular complexity index is 673. The summed E-state index contributed by atoms with van der Waals surface area (Å²) in [5, 5.41) is 0. The second-order valence-electron chi connectivity index (χ2n) is 6.59. The van der Waals surface area contributed by atoms with Crippen LogP contribution in [0.2, 0.25) is 0 Å². The van der Waals surface area contributed by atoms with Crippen molar-refractivity contribution in [2.24, 2.45) is 5.92 Å². The van der Waals surface area contributed by atoms with Crippen LogP contribution in [0.15, 0.2) is 54.6 Å². The van der Waals surface area contributed by atoms with Crippen molar-refractivity contribution in [2.75, 3.05) is 6.61 Å². The number of rotatable bonds is 7. The summed E-state index contributed by atoms with van der Waals surface area (Å²) in [6.07, 6.45) is 3.60. The lowest BCUT2D eigenvalue weighted by atomic mass is 9.87. The van der Waals surface area contributed by atoms with Crippen LogP contribution in [0.3, 0.4) is 0 Å². The molecule has 2 aromatic carbocycles. The number of carbonyl (C=O) groups excluding carboxylic acids is 1. The molecule has 4 nitrogen and oxygen atoms in total. The Morgan fingerprint density at radius 2 is 1.58 bits per heavy atom. The molecule has 0 bridgehead atoms. The molecule has 0 aliphatic heterocycles. The fraction of sp³-hybridized carbons (Fsp3) is 0.409. The quantitative estimate of drug-likeness (QED) is 0.672. The number of carbonyl (C=O) groups is 1. The van der Waals surface area contributed by atoms with Crippen LogP contribution < -0.4 is 9.47 Å². The fourth-order valence-electron chi connectivity index (χ4n) is 3.22.